The maximum Gasteiger partial charge on any atom is 0.325 e. The maximum absolute atomic E-state index is 12.2. The molecule has 25 heavy (non-hydrogen) atoms. The van der Waals surface area contributed by atoms with Crippen LogP contribution < -0.4 is 5.32 Å². The van der Waals surface area contributed by atoms with E-state index in [-0.39, 0.29) is 11.9 Å². The number of aromatic amines is 1. The van der Waals surface area contributed by atoms with E-state index < -0.39 is 5.54 Å². The summed E-state index contributed by atoms with van der Waals surface area (Å²) in [5.41, 5.74) is 2.47. The number of imidazole rings is 1. The van der Waals surface area contributed by atoms with Gasteiger partial charge in [-0.25, -0.2) is 9.78 Å². The van der Waals surface area contributed by atoms with Gasteiger partial charge in [0.1, 0.15) is 5.54 Å². The Kier molecular flexibility index (Phi) is 4.85. The molecule has 0 bridgehead atoms. The second kappa shape index (κ2) is 6.92. The van der Waals surface area contributed by atoms with Crippen molar-refractivity contribution in [3.05, 3.63) is 47.3 Å². The van der Waals surface area contributed by atoms with Crippen LogP contribution in [0.4, 0.5) is 4.79 Å². The van der Waals surface area contributed by atoms with E-state index in [4.69, 9.17) is 0 Å². The average Bonchev–Trinajstić information content (AvgIpc) is 2.99. The Morgan fingerprint density at radius 2 is 1.92 bits per heavy atom. The summed E-state index contributed by atoms with van der Waals surface area (Å²) in [6.07, 6.45) is 0.783. The van der Waals surface area contributed by atoms with Crippen LogP contribution in [0.1, 0.15) is 30.8 Å². The van der Waals surface area contributed by atoms with Gasteiger partial charge in [0.15, 0.2) is 5.16 Å². The molecule has 7 heteroatoms. The minimum atomic E-state index is -0.814. The van der Waals surface area contributed by atoms with E-state index in [9.17, 15) is 9.59 Å². The zero-order chi connectivity index (χ0) is 18.0. The monoisotopic (exact) mass is 358 g/mol. The lowest BCUT2D eigenvalue weighted by Gasteiger charge is -2.15. The largest absolute Gasteiger partial charge is 0.337 e. The third-order valence-electron chi connectivity index (χ3n) is 4.18. The van der Waals surface area contributed by atoms with Crippen LogP contribution in [0.15, 0.2) is 35.5 Å². The number of thioether (sulfide) groups is 1. The molecule has 1 saturated heterocycles. The fourth-order valence-electron chi connectivity index (χ4n) is 2.75. The number of aryl methyl sites for hydroxylation is 1. The van der Waals surface area contributed by atoms with Crippen molar-refractivity contribution in [1.82, 2.24) is 20.2 Å². The van der Waals surface area contributed by atoms with Crippen molar-refractivity contribution in [3.8, 4) is 0 Å². The topological polar surface area (TPSA) is 78.1 Å². The van der Waals surface area contributed by atoms with Gasteiger partial charge in [-0.1, -0.05) is 42.1 Å². The van der Waals surface area contributed by atoms with E-state index >= 15 is 0 Å². The predicted octanol–water partition coefficient (Wildman–Crippen LogP) is 2.73. The first-order valence-electron chi connectivity index (χ1n) is 8.23. The molecular weight excluding hydrogens is 336 g/mol. The first kappa shape index (κ1) is 17.5. The third-order valence-corrected chi connectivity index (χ3v) is 5.03. The summed E-state index contributed by atoms with van der Waals surface area (Å²) in [5, 5.41) is 3.50. The minimum Gasteiger partial charge on any atom is -0.337 e. The Labute approximate surface area is 151 Å². The molecule has 0 spiro atoms. The van der Waals surface area contributed by atoms with Gasteiger partial charge < -0.3 is 10.3 Å². The van der Waals surface area contributed by atoms with E-state index in [1.54, 1.807) is 13.8 Å². The van der Waals surface area contributed by atoms with Gasteiger partial charge in [-0.3, -0.25) is 9.69 Å². The molecule has 1 aromatic carbocycles. The molecule has 1 aliphatic heterocycles. The van der Waals surface area contributed by atoms with Gasteiger partial charge in [-0.15, -0.1) is 0 Å². The molecule has 1 fully saturated rings. The molecule has 6 nitrogen and oxygen atoms in total. The molecule has 3 amide bonds. The van der Waals surface area contributed by atoms with Gasteiger partial charge in [0, 0.05) is 24.4 Å². The lowest BCUT2D eigenvalue weighted by atomic mass is 10.1. The van der Waals surface area contributed by atoms with Crippen molar-refractivity contribution in [3.63, 3.8) is 0 Å². The van der Waals surface area contributed by atoms with Gasteiger partial charge in [-0.05, 0) is 26.3 Å². The fourth-order valence-corrected chi connectivity index (χ4v) is 3.62. The van der Waals surface area contributed by atoms with Crippen molar-refractivity contribution in [2.75, 3.05) is 12.3 Å². The molecule has 2 aromatic rings. The molecule has 1 aliphatic rings. The smallest absolute Gasteiger partial charge is 0.325 e. The van der Waals surface area contributed by atoms with Gasteiger partial charge in [0.2, 0.25) is 0 Å². The molecule has 0 saturated carbocycles. The van der Waals surface area contributed by atoms with Crippen LogP contribution in [-0.2, 0) is 11.2 Å². The van der Waals surface area contributed by atoms with Crippen LogP contribution in [0.25, 0.3) is 0 Å². The zero-order valence-electron chi connectivity index (χ0n) is 14.6. The van der Waals surface area contributed by atoms with Crippen LogP contribution in [0.5, 0.6) is 0 Å². The number of H-pyrrole nitrogens is 1. The molecule has 0 radical (unpaired) electrons. The quantitative estimate of drug-likeness (QED) is 0.615. The van der Waals surface area contributed by atoms with E-state index in [0.717, 1.165) is 23.0 Å². The lowest BCUT2D eigenvalue weighted by Crippen LogP contribution is -2.40. The summed E-state index contributed by atoms with van der Waals surface area (Å²) < 4.78 is 0. The van der Waals surface area contributed by atoms with Gasteiger partial charge >= 0.3 is 6.03 Å². The van der Waals surface area contributed by atoms with Crippen LogP contribution in [0.2, 0.25) is 0 Å². The number of carbonyl (C=O) groups excluding carboxylic acids is 2. The van der Waals surface area contributed by atoms with Crippen LogP contribution in [0, 0.1) is 6.92 Å². The van der Waals surface area contributed by atoms with E-state index in [1.807, 2.05) is 25.1 Å². The van der Waals surface area contributed by atoms with Gasteiger partial charge in [0.05, 0.1) is 5.69 Å². The average molecular weight is 358 g/mol. The summed E-state index contributed by atoms with van der Waals surface area (Å²) in [6.45, 7) is 5.81. The Morgan fingerprint density at radius 3 is 2.56 bits per heavy atom. The summed E-state index contributed by atoms with van der Waals surface area (Å²) in [4.78, 5) is 33.2. The number of imide groups is 1. The number of nitrogens with one attached hydrogen (secondary N) is 2. The number of urea groups is 1. The SMILES string of the molecule is Cc1[nH]c(SCCN2C(=O)NC(C)(C)C2=O)nc1Cc1ccccc1. The van der Waals surface area contributed by atoms with Crippen molar-refractivity contribution >= 4 is 23.7 Å². The number of hydrogen-bond donors (Lipinski definition) is 2. The summed E-state index contributed by atoms with van der Waals surface area (Å²) in [5.74, 6) is 0.422. The highest BCUT2D eigenvalue weighted by atomic mass is 32.2. The summed E-state index contributed by atoms with van der Waals surface area (Å²) in [6, 6.07) is 9.88. The maximum atomic E-state index is 12.2. The number of rotatable bonds is 6. The Hall–Kier alpha value is -2.28. The summed E-state index contributed by atoms with van der Waals surface area (Å²) >= 11 is 1.52. The number of benzene rings is 1. The lowest BCUT2D eigenvalue weighted by molar-refractivity contribution is -0.130. The molecule has 0 aliphatic carbocycles. The van der Waals surface area contributed by atoms with Gasteiger partial charge in [0.25, 0.3) is 5.91 Å². The van der Waals surface area contributed by atoms with E-state index in [1.165, 1.54) is 22.2 Å². The first-order chi connectivity index (χ1) is 11.9. The molecule has 0 unspecified atom stereocenters. The van der Waals surface area contributed by atoms with Crippen molar-refractivity contribution in [2.45, 2.75) is 37.9 Å². The molecule has 2 heterocycles. The highest BCUT2D eigenvalue weighted by Gasteiger charge is 2.43. The normalized spacial score (nSPS) is 16.4. The number of carbonyl (C=O) groups is 2. The van der Waals surface area contributed by atoms with Crippen LogP contribution >= 0.6 is 11.8 Å². The van der Waals surface area contributed by atoms with Gasteiger partial charge in [-0.2, -0.15) is 0 Å². The van der Waals surface area contributed by atoms with Crippen LogP contribution in [0.3, 0.4) is 0 Å². The highest BCUT2D eigenvalue weighted by Crippen LogP contribution is 2.21. The zero-order valence-corrected chi connectivity index (χ0v) is 15.4. The predicted molar refractivity (Wildman–Crippen MR) is 97.6 cm³/mol. The van der Waals surface area contributed by atoms with Crippen molar-refractivity contribution in [2.24, 2.45) is 0 Å². The Morgan fingerprint density at radius 1 is 1.20 bits per heavy atom. The fraction of sp³-hybridized carbons (Fsp3) is 0.389. The molecule has 2 N–H and O–H groups in total. The van der Waals surface area contributed by atoms with Crippen molar-refractivity contribution < 1.29 is 9.59 Å². The first-order valence-corrected chi connectivity index (χ1v) is 9.22. The van der Waals surface area contributed by atoms with Crippen molar-refractivity contribution in [1.29, 1.82) is 0 Å². The second-order valence-electron chi connectivity index (χ2n) is 6.64. The molecule has 132 valence electrons. The number of amides is 3. The standard InChI is InChI=1S/C18H22N4O2S/c1-12-14(11-13-7-5-4-6-8-13)20-16(19-12)25-10-9-22-15(23)18(2,3)21-17(22)24/h4-8H,9-11H2,1-3H3,(H,19,20)(H,21,24). The molecular formula is C18H22N4O2S. The Balaban J connectivity index is 1.57. The number of hydrogen-bond acceptors (Lipinski definition) is 4. The van der Waals surface area contributed by atoms with E-state index in [2.05, 4.69) is 27.4 Å². The minimum absolute atomic E-state index is 0.182. The molecule has 1 aromatic heterocycles. The highest BCUT2D eigenvalue weighted by molar-refractivity contribution is 7.99. The number of aromatic nitrogens is 2. The summed E-state index contributed by atoms with van der Waals surface area (Å²) in [7, 11) is 0. The second-order valence-corrected chi connectivity index (χ2v) is 7.72. The third kappa shape index (κ3) is 3.87. The molecule has 3 rings (SSSR count). The van der Waals surface area contributed by atoms with Crippen LogP contribution in [-0.4, -0.2) is 44.6 Å². The Bertz CT molecular complexity index is 786. The number of nitrogens with zero attached hydrogens (tertiary/aromatic N) is 2. The van der Waals surface area contributed by atoms with E-state index in [0.29, 0.717) is 12.3 Å². The molecule has 0 atom stereocenters.